The second-order valence-electron chi connectivity index (χ2n) is 5.59. The molecule has 3 N–H and O–H groups in total. The van der Waals surface area contributed by atoms with Crippen molar-refractivity contribution in [2.45, 2.75) is 39.2 Å². The number of rotatable bonds is 5. The molecule has 21 heavy (non-hydrogen) atoms. The third-order valence-electron chi connectivity index (χ3n) is 4.29. The maximum Gasteiger partial charge on any atom is 0.325 e. The fraction of sp³-hybridized carbons (Fsp3) is 0.500. The van der Waals surface area contributed by atoms with E-state index >= 15 is 0 Å². The number of carbonyl (C=O) groups is 2. The molecule has 0 saturated carbocycles. The van der Waals surface area contributed by atoms with Gasteiger partial charge in [0.1, 0.15) is 5.54 Å². The van der Waals surface area contributed by atoms with Gasteiger partial charge in [-0.1, -0.05) is 25.1 Å². The maximum absolute atomic E-state index is 12.8. The number of amides is 3. The first kappa shape index (κ1) is 15.5. The third kappa shape index (κ3) is 2.53. The molecule has 114 valence electrons. The molecule has 0 aromatic heterocycles. The smallest absolute Gasteiger partial charge is 0.325 e. The van der Waals surface area contributed by atoms with Gasteiger partial charge in [0.25, 0.3) is 5.91 Å². The molecular formula is C16H23N3O2. The summed E-state index contributed by atoms with van der Waals surface area (Å²) in [5.74, 6) is -0.174. The van der Waals surface area contributed by atoms with Gasteiger partial charge in [-0.05, 0) is 49.9 Å². The molecule has 5 nitrogen and oxygen atoms in total. The van der Waals surface area contributed by atoms with Crippen LogP contribution in [0.5, 0.6) is 0 Å². The Balaban J connectivity index is 2.40. The van der Waals surface area contributed by atoms with Gasteiger partial charge in [-0.3, -0.25) is 9.69 Å². The van der Waals surface area contributed by atoms with Crippen LogP contribution in [0.4, 0.5) is 4.79 Å². The number of hydrogen-bond donors (Lipinski definition) is 2. The van der Waals surface area contributed by atoms with Crippen molar-refractivity contribution in [2.75, 3.05) is 13.1 Å². The summed E-state index contributed by atoms with van der Waals surface area (Å²) >= 11 is 0. The number of aryl methyl sites for hydroxylation is 2. The highest BCUT2D eigenvalue weighted by molar-refractivity contribution is 6.07. The first-order valence-electron chi connectivity index (χ1n) is 7.38. The highest BCUT2D eigenvalue weighted by Gasteiger charge is 2.50. The number of benzene rings is 1. The summed E-state index contributed by atoms with van der Waals surface area (Å²) in [6.07, 6.45) is 1.14. The minimum absolute atomic E-state index is 0.174. The standard InChI is InChI=1S/C16H23N3O2/c1-4-16(13-7-6-11(2)12(3)10-13)14(20)19(9-5-8-17)15(21)18-16/h6-7,10H,4-5,8-9,17H2,1-3H3,(H,18,21). The Morgan fingerprint density at radius 1 is 1.24 bits per heavy atom. The summed E-state index contributed by atoms with van der Waals surface area (Å²) in [5, 5.41) is 2.89. The van der Waals surface area contributed by atoms with Crippen LogP contribution in [-0.2, 0) is 10.3 Å². The number of nitrogens with two attached hydrogens (primary N) is 1. The van der Waals surface area contributed by atoms with Crippen molar-refractivity contribution in [1.82, 2.24) is 10.2 Å². The molecule has 0 aliphatic carbocycles. The fourth-order valence-electron chi connectivity index (χ4n) is 2.72. The van der Waals surface area contributed by atoms with Gasteiger partial charge in [0.05, 0.1) is 0 Å². The topological polar surface area (TPSA) is 75.4 Å². The van der Waals surface area contributed by atoms with Crippen LogP contribution in [0.15, 0.2) is 18.2 Å². The zero-order valence-corrected chi connectivity index (χ0v) is 12.9. The summed E-state index contributed by atoms with van der Waals surface area (Å²) in [6, 6.07) is 5.58. The van der Waals surface area contributed by atoms with E-state index in [0.717, 1.165) is 11.1 Å². The molecule has 1 aromatic carbocycles. The predicted molar refractivity (Wildman–Crippen MR) is 81.8 cm³/mol. The van der Waals surface area contributed by atoms with Gasteiger partial charge >= 0.3 is 6.03 Å². The Morgan fingerprint density at radius 3 is 2.52 bits per heavy atom. The van der Waals surface area contributed by atoms with Gasteiger partial charge in [0.2, 0.25) is 0 Å². The molecular weight excluding hydrogens is 266 g/mol. The molecule has 1 fully saturated rings. The Morgan fingerprint density at radius 2 is 1.95 bits per heavy atom. The molecule has 2 rings (SSSR count). The molecule has 0 radical (unpaired) electrons. The molecule has 1 unspecified atom stereocenters. The second kappa shape index (κ2) is 5.85. The highest BCUT2D eigenvalue weighted by Crippen LogP contribution is 2.33. The van der Waals surface area contributed by atoms with E-state index in [4.69, 9.17) is 5.73 Å². The van der Waals surface area contributed by atoms with Crippen molar-refractivity contribution in [3.8, 4) is 0 Å². The van der Waals surface area contributed by atoms with Crippen molar-refractivity contribution in [1.29, 1.82) is 0 Å². The average molecular weight is 289 g/mol. The van der Waals surface area contributed by atoms with Gasteiger partial charge in [0.15, 0.2) is 0 Å². The van der Waals surface area contributed by atoms with Gasteiger partial charge < -0.3 is 11.1 Å². The Kier molecular flexibility index (Phi) is 4.32. The molecule has 1 heterocycles. The highest BCUT2D eigenvalue weighted by atomic mass is 16.2. The quantitative estimate of drug-likeness (QED) is 0.812. The van der Waals surface area contributed by atoms with Crippen LogP contribution in [0.2, 0.25) is 0 Å². The Labute approximate surface area is 125 Å². The van der Waals surface area contributed by atoms with E-state index in [9.17, 15) is 9.59 Å². The lowest BCUT2D eigenvalue weighted by Gasteiger charge is -2.26. The van der Waals surface area contributed by atoms with Crippen molar-refractivity contribution in [3.63, 3.8) is 0 Å². The summed E-state index contributed by atoms with van der Waals surface area (Å²) in [7, 11) is 0. The lowest BCUT2D eigenvalue weighted by molar-refractivity contribution is -0.131. The number of carbonyl (C=O) groups excluding carboxylic acids is 2. The number of imide groups is 1. The Bertz CT molecular complexity index is 571. The van der Waals surface area contributed by atoms with E-state index in [0.29, 0.717) is 25.9 Å². The lowest BCUT2D eigenvalue weighted by atomic mass is 9.85. The molecule has 1 aliphatic heterocycles. The third-order valence-corrected chi connectivity index (χ3v) is 4.29. The summed E-state index contributed by atoms with van der Waals surface area (Å²) in [4.78, 5) is 26.2. The number of nitrogens with one attached hydrogen (secondary N) is 1. The molecule has 1 saturated heterocycles. The monoisotopic (exact) mass is 289 g/mol. The Hall–Kier alpha value is -1.88. The van der Waals surface area contributed by atoms with Gasteiger partial charge in [-0.2, -0.15) is 0 Å². The van der Waals surface area contributed by atoms with Crippen LogP contribution in [-0.4, -0.2) is 29.9 Å². The summed E-state index contributed by atoms with van der Waals surface area (Å²) in [6.45, 7) is 6.78. The van der Waals surface area contributed by atoms with Crippen LogP contribution in [0.3, 0.4) is 0 Å². The zero-order chi connectivity index (χ0) is 15.6. The van der Waals surface area contributed by atoms with E-state index < -0.39 is 5.54 Å². The molecule has 5 heteroatoms. The zero-order valence-electron chi connectivity index (χ0n) is 12.9. The van der Waals surface area contributed by atoms with E-state index in [1.807, 2.05) is 39.0 Å². The van der Waals surface area contributed by atoms with Crippen LogP contribution < -0.4 is 11.1 Å². The van der Waals surface area contributed by atoms with Crippen molar-refractivity contribution in [2.24, 2.45) is 5.73 Å². The molecule has 1 aromatic rings. The van der Waals surface area contributed by atoms with Crippen LogP contribution in [0, 0.1) is 13.8 Å². The van der Waals surface area contributed by atoms with Gasteiger partial charge in [-0.25, -0.2) is 4.79 Å². The first-order valence-corrected chi connectivity index (χ1v) is 7.38. The van der Waals surface area contributed by atoms with Crippen LogP contribution in [0.1, 0.15) is 36.5 Å². The van der Waals surface area contributed by atoms with E-state index in [2.05, 4.69) is 5.32 Å². The van der Waals surface area contributed by atoms with Crippen molar-refractivity contribution >= 4 is 11.9 Å². The predicted octanol–water partition coefficient (Wildman–Crippen LogP) is 1.81. The normalized spacial score (nSPS) is 21.8. The van der Waals surface area contributed by atoms with Crippen molar-refractivity contribution < 1.29 is 9.59 Å². The van der Waals surface area contributed by atoms with Gasteiger partial charge in [0, 0.05) is 6.54 Å². The second-order valence-corrected chi connectivity index (χ2v) is 5.59. The summed E-state index contributed by atoms with van der Waals surface area (Å²) < 4.78 is 0. The van der Waals surface area contributed by atoms with E-state index in [1.165, 1.54) is 10.5 Å². The fourth-order valence-corrected chi connectivity index (χ4v) is 2.72. The summed E-state index contributed by atoms with van der Waals surface area (Å²) in [5.41, 5.74) is 7.67. The van der Waals surface area contributed by atoms with E-state index in [1.54, 1.807) is 0 Å². The lowest BCUT2D eigenvalue weighted by Crippen LogP contribution is -2.43. The minimum atomic E-state index is -0.940. The minimum Gasteiger partial charge on any atom is -0.330 e. The molecule has 0 spiro atoms. The van der Waals surface area contributed by atoms with Crippen LogP contribution >= 0.6 is 0 Å². The van der Waals surface area contributed by atoms with Crippen molar-refractivity contribution in [3.05, 3.63) is 34.9 Å². The van der Waals surface area contributed by atoms with Crippen LogP contribution in [0.25, 0.3) is 0 Å². The number of nitrogens with zero attached hydrogens (tertiary/aromatic N) is 1. The molecule has 3 amide bonds. The number of urea groups is 1. The first-order chi connectivity index (χ1) is 9.96. The molecule has 1 aliphatic rings. The van der Waals surface area contributed by atoms with Gasteiger partial charge in [-0.15, -0.1) is 0 Å². The SMILES string of the molecule is CCC1(c2ccc(C)c(C)c2)NC(=O)N(CCCN)C1=O. The molecule has 1 atom stereocenters. The largest absolute Gasteiger partial charge is 0.330 e. The maximum atomic E-state index is 12.8. The van der Waals surface area contributed by atoms with E-state index in [-0.39, 0.29) is 11.9 Å². The molecule has 0 bridgehead atoms. The number of hydrogen-bond acceptors (Lipinski definition) is 3. The average Bonchev–Trinajstić information content (AvgIpc) is 2.72.